The number of methoxy groups -OCH3 is 3. The second kappa shape index (κ2) is 9.61. The summed E-state index contributed by atoms with van der Waals surface area (Å²) < 4.78 is 18.6. The average molecular weight is 464 g/mol. The van der Waals surface area contributed by atoms with Gasteiger partial charge < -0.3 is 19.5 Å². The van der Waals surface area contributed by atoms with Crippen LogP contribution in [0.5, 0.6) is 17.2 Å². The topological polar surface area (TPSA) is 122 Å². The molecule has 0 aliphatic carbocycles. The molecule has 0 saturated heterocycles. The highest BCUT2D eigenvalue weighted by Crippen LogP contribution is 2.39. The molecule has 11 heteroatoms. The van der Waals surface area contributed by atoms with Crippen LogP contribution in [0.15, 0.2) is 47.5 Å². The minimum Gasteiger partial charge on any atom is -0.493 e. The number of carbonyl (C=O) groups is 1. The largest absolute Gasteiger partial charge is 0.493 e. The zero-order chi connectivity index (χ0) is 24.2. The molecular formula is C23H24N6O5. The summed E-state index contributed by atoms with van der Waals surface area (Å²) in [7, 11) is 4.45. The van der Waals surface area contributed by atoms with Crippen molar-refractivity contribution < 1.29 is 19.0 Å². The monoisotopic (exact) mass is 464 g/mol. The van der Waals surface area contributed by atoms with E-state index >= 15 is 0 Å². The van der Waals surface area contributed by atoms with Crippen molar-refractivity contribution in [1.82, 2.24) is 24.5 Å². The van der Waals surface area contributed by atoms with Gasteiger partial charge in [-0.3, -0.25) is 14.2 Å². The zero-order valence-corrected chi connectivity index (χ0v) is 19.2. The maximum Gasteiger partial charge on any atom is 0.283 e. The van der Waals surface area contributed by atoms with Crippen molar-refractivity contribution in [2.75, 3.05) is 26.6 Å². The number of hydrogen-bond donors (Lipinski definition) is 1. The molecule has 2 aromatic carbocycles. The molecule has 0 saturated carbocycles. The van der Waals surface area contributed by atoms with E-state index in [4.69, 9.17) is 14.2 Å². The summed E-state index contributed by atoms with van der Waals surface area (Å²) in [5.41, 5.74) is 2.57. The third-order valence-electron chi connectivity index (χ3n) is 5.21. The van der Waals surface area contributed by atoms with E-state index in [2.05, 4.69) is 20.6 Å². The maximum absolute atomic E-state index is 12.9. The first-order chi connectivity index (χ1) is 16.4. The smallest absolute Gasteiger partial charge is 0.283 e. The number of aromatic nitrogens is 5. The number of aryl methyl sites for hydroxylation is 1. The number of carbonyl (C=O) groups excluding carboxylic acids is 1. The Balaban J connectivity index is 1.53. The Hall–Kier alpha value is -4.41. The number of rotatable bonds is 8. The minimum absolute atomic E-state index is 0.0928. The van der Waals surface area contributed by atoms with E-state index in [-0.39, 0.29) is 12.1 Å². The highest BCUT2D eigenvalue weighted by Gasteiger charge is 2.17. The van der Waals surface area contributed by atoms with Gasteiger partial charge in [0.1, 0.15) is 12.9 Å². The van der Waals surface area contributed by atoms with Gasteiger partial charge in [-0.2, -0.15) is 0 Å². The lowest BCUT2D eigenvalue weighted by Crippen LogP contribution is -2.28. The Labute approximate surface area is 194 Å². The molecule has 0 radical (unpaired) electrons. The van der Waals surface area contributed by atoms with Crippen LogP contribution in [0.4, 0.5) is 5.69 Å². The molecule has 2 heterocycles. The predicted molar refractivity (Wildman–Crippen MR) is 125 cm³/mol. The van der Waals surface area contributed by atoms with Crippen molar-refractivity contribution in [3.05, 3.63) is 64.2 Å². The molecule has 4 aromatic rings. The van der Waals surface area contributed by atoms with E-state index in [9.17, 15) is 9.59 Å². The summed E-state index contributed by atoms with van der Waals surface area (Å²) in [4.78, 5) is 29.8. The van der Waals surface area contributed by atoms with Crippen LogP contribution in [0.2, 0.25) is 0 Å². The number of nitrogens with zero attached hydrogens (tertiary/aromatic N) is 5. The van der Waals surface area contributed by atoms with Crippen LogP contribution in [-0.4, -0.2) is 51.8 Å². The van der Waals surface area contributed by atoms with Crippen LogP contribution in [-0.2, 0) is 17.9 Å². The molecule has 1 N–H and O–H groups in total. The number of benzene rings is 2. The van der Waals surface area contributed by atoms with Crippen LogP contribution >= 0.6 is 0 Å². The quantitative estimate of drug-likeness (QED) is 0.420. The third-order valence-corrected chi connectivity index (χ3v) is 5.21. The first kappa shape index (κ1) is 22.8. The van der Waals surface area contributed by atoms with Gasteiger partial charge in [-0.1, -0.05) is 35.0 Å². The fraction of sp³-hybridized carbons (Fsp3) is 0.261. The first-order valence-electron chi connectivity index (χ1n) is 10.4. The molecule has 0 aliphatic rings. The van der Waals surface area contributed by atoms with Crippen LogP contribution in [0.25, 0.3) is 11.2 Å². The number of ether oxygens (including phenoxy) is 3. The maximum atomic E-state index is 12.9. The molecule has 0 fully saturated rings. The Morgan fingerprint density at radius 3 is 2.32 bits per heavy atom. The van der Waals surface area contributed by atoms with Crippen molar-refractivity contribution >= 4 is 22.8 Å². The highest BCUT2D eigenvalue weighted by molar-refractivity contribution is 5.91. The van der Waals surface area contributed by atoms with Gasteiger partial charge in [0.05, 0.1) is 27.9 Å². The molecule has 176 valence electrons. The molecule has 34 heavy (non-hydrogen) atoms. The lowest BCUT2D eigenvalue weighted by Gasteiger charge is -2.14. The Morgan fingerprint density at radius 2 is 1.71 bits per heavy atom. The summed E-state index contributed by atoms with van der Waals surface area (Å²) in [5.74, 6) is 0.748. The number of nitrogens with one attached hydrogen (secondary N) is 1. The standard InChI is InChI=1S/C23H24N6O5/c1-14-5-7-15(8-6-14)11-29-22-20(26-27-29)23(31)28(13-24-22)12-19(30)25-16-9-17(32-2)21(34-4)18(10-16)33-3/h5-10,13H,11-12H2,1-4H3,(H,25,30). The summed E-state index contributed by atoms with van der Waals surface area (Å²) in [6.45, 7) is 2.18. The normalized spacial score (nSPS) is 10.8. The van der Waals surface area contributed by atoms with E-state index in [1.54, 1.807) is 16.8 Å². The van der Waals surface area contributed by atoms with E-state index in [0.717, 1.165) is 11.1 Å². The lowest BCUT2D eigenvalue weighted by molar-refractivity contribution is -0.116. The third kappa shape index (κ3) is 4.53. The molecule has 0 unspecified atom stereocenters. The molecular weight excluding hydrogens is 440 g/mol. The van der Waals surface area contributed by atoms with Gasteiger partial charge in [-0.15, -0.1) is 5.10 Å². The molecule has 4 rings (SSSR count). The van der Waals surface area contributed by atoms with Crippen molar-refractivity contribution in [2.24, 2.45) is 0 Å². The SMILES string of the molecule is COc1cc(NC(=O)Cn2cnc3c(nnn3Cc3ccc(C)cc3)c2=O)cc(OC)c1OC. The van der Waals surface area contributed by atoms with Gasteiger partial charge in [0.25, 0.3) is 5.56 Å². The van der Waals surface area contributed by atoms with Crippen molar-refractivity contribution in [1.29, 1.82) is 0 Å². The summed E-state index contributed by atoms with van der Waals surface area (Å²) in [6.07, 6.45) is 1.31. The van der Waals surface area contributed by atoms with Gasteiger partial charge in [0, 0.05) is 17.8 Å². The summed E-state index contributed by atoms with van der Waals surface area (Å²) >= 11 is 0. The van der Waals surface area contributed by atoms with Gasteiger partial charge >= 0.3 is 0 Å². The van der Waals surface area contributed by atoms with E-state index in [1.165, 1.54) is 32.2 Å². The van der Waals surface area contributed by atoms with E-state index in [1.807, 2.05) is 31.2 Å². The Bertz CT molecular complexity index is 1370. The van der Waals surface area contributed by atoms with Crippen LogP contribution in [0.1, 0.15) is 11.1 Å². The molecule has 11 nitrogen and oxygen atoms in total. The molecule has 2 aromatic heterocycles. The predicted octanol–water partition coefficient (Wildman–Crippen LogP) is 2.01. The highest BCUT2D eigenvalue weighted by atomic mass is 16.5. The van der Waals surface area contributed by atoms with Gasteiger partial charge in [0.15, 0.2) is 22.7 Å². The number of hydrogen-bond acceptors (Lipinski definition) is 8. The van der Waals surface area contributed by atoms with Crippen molar-refractivity contribution in [2.45, 2.75) is 20.0 Å². The van der Waals surface area contributed by atoms with Gasteiger partial charge in [-0.05, 0) is 12.5 Å². The second-order valence-corrected chi connectivity index (χ2v) is 7.54. The summed E-state index contributed by atoms with van der Waals surface area (Å²) in [5, 5.41) is 10.8. The first-order valence-corrected chi connectivity index (χ1v) is 10.4. The Morgan fingerprint density at radius 1 is 1.03 bits per heavy atom. The molecule has 0 spiro atoms. The van der Waals surface area contributed by atoms with E-state index < -0.39 is 11.5 Å². The number of amides is 1. The zero-order valence-electron chi connectivity index (χ0n) is 19.2. The molecule has 1 amide bonds. The Kier molecular flexibility index (Phi) is 6.44. The molecule has 0 bridgehead atoms. The fourth-order valence-corrected chi connectivity index (χ4v) is 3.48. The molecule has 0 atom stereocenters. The van der Waals surface area contributed by atoms with Crippen molar-refractivity contribution in [3.63, 3.8) is 0 Å². The lowest BCUT2D eigenvalue weighted by atomic mass is 10.1. The number of fused-ring (bicyclic) bond motifs is 1. The number of anilines is 1. The summed E-state index contributed by atoms with van der Waals surface area (Å²) in [6, 6.07) is 11.2. The van der Waals surface area contributed by atoms with Crippen molar-refractivity contribution in [3.8, 4) is 17.2 Å². The van der Waals surface area contributed by atoms with Crippen LogP contribution < -0.4 is 25.1 Å². The second-order valence-electron chi connectivity index (χ2n) is 7.54. The minimum atomic E-state index is -0.458. The van der Waals surface area contributed by atoms with Gasteiger partial charge in [-0.25, -0.2) is 9.67 Å². The van der Waals surface area contributed by atoms with Crippen LogP contribution in [0.3, 0.4) is 0 Å². The van der Waals surface area contributed by atoms with Gasteiger partial charge in [0.2, 0.25) is 11.7 Å². The molecule has 0 aliphatic heterocycles. The fourth-order valence-electron chi connectivity index (χ4n) is 3.48. The van der Waals surface area contributed by atoms with Crippen LogP contribution in [0, 0.1) is 6.92 Å². The average Bonchev–Trinajstić information content (AvgIpc) is 3.24. The van der Waals surface area contributed by atoms with E-state index in [0.29, 0.717) is 35.1 Å².